The monoisotopic (exact) mass is 367 g/mol. The van der Waals surface area contributed by atoms with E-state index in [2.05, 4.69) is 10.6 Å². The Kier molecular flexibility index (Phi) is 6.18. The Morgan fingerprint density at radius 2 is 1.88 bits per heavy atom. The first-order valence-electron chi connectivity index (χ1n) is 8.20. The molecule has 1 heterocycles. The fraction of sp³-hybridized carbons (Fsp3) is 0.529. The van der Waals surface area contributed by atoms with Crippen LogP contribution in [0.15, 0.2) is 18.2 Å². The van der Waals surface area contributed by atoms with Gasteiger partial charge in [0.05, 0.1) is 24.6 Å². The number of amides is 2. The van der Waals surface area contributed by atoms with E-state index in [-0.39, 0.29) is 42.5 Å². The molecule has 1 atom stereocenters. The van der Waals surface area contributed by atoms with Gasteiger partial charge in [-0.15, -0.1) is 0 Å². The minimum absolute atomic E-state index is 0.00439. The van der Waals surface area contributed by atoms with Crippen molar-refractivity contribution in [1.82, 2.24) is 10.2 Å². The smallest absolute Gasteiger partial charge is 0.238 e. The molecule has 25 heavy (non-hydrogen) atoms. The van der Waals surface area contributed by atoms with Crippen LogP contribution in [0.25, 0.3) is 0 Å². The summed E-state index contributed by atoms with van der Waals surface area (Å²) in [5, 5.41) is 5.56. The molecule has 7 nitrogen and oxygen atoms in total. The van der Waals surface area contributed by atoms with E-state index in [0.717, 1.165) is 16.8 Å². The lowest BCUT2D eigenvalue weighted by molar-refractivity contribution is -0.123. The van der Waals surface area contributed by atoms with Gasteiger partial charge >= 0.3 is 0 Å². The molecule has 2 amide bonds. The molecular weight excluding hydrogens is 342 g/mol. The Morgan fingerprint density at radius 1 is 1.20 bits per heavy atom. The number of carbonyl (C=O) groups excluding carboxylic acids is 2. The Labute approximate surface area is 148 Å². The molecule has 0 spiro atoms. The number of aryl methyl sites for hydroxylation is 1. The van der Waals surface area contributed by atoms with Crippen LogP contribution in [-0.4, -0.2) is 62.8 Å². The predicted octanol–water partition coefficient (Wildman–Crippen LogP) is 0.477. The summed E-state index contributed by atoms with van der Waals surface area (Å²) >= 11 is 0. The van der Waals surface area contributed by atoms with Crippen molar-refractivity contribution in [3.8, 4) is 0 Å². The second-order valence-electron chi connectivity index (χ2n) is 6.64. The van der Waals surface area contributed by atoms with Crippen molar-refractivity contribution in [3.63, 3.8) is 0 Å². The summed E-state index contributed by atoms with van der Waals surface area (Å²) in [6.45, 7) is 4.03. The summed E-state index contributed by atoms with van der Waals surface area (Å²) in [5.74, 6) is -0.363. The predicted molar refractivity (Wildman–Crippen MR) is 97.2 cm³/mol. The zero-order chi connectivity index (χ0) is 18.6. The van der Waals surface area contributed by atoms with Gasteiger partial charge in [0.25, 0.3) is 0 Å². The standard InChI is InChI=1S/C17H25N3O4S/c1-12-5-4-6-15(13(12)2)19-17(22)10-20(3)9-16(21)18-14-7-8-25(23,24)11-14/h4-6,14H,7-11H2,1-3H3,(H,18,21)(H,19,22)/t14-/m1/s1. The van der Waals surface area contributed by atoms with Gasteiger partial charge in [-0.2, -0.15) is 0 Å². The van der Waals surface area contributed by atoms with Crippen LogP contribution in [0.3, 0.4) is 0 Å². The van der Waals surface area contributed by atoms with Crippen LogP contribution in [0.5, 0.6) is 0 Å². The van der Waals surface area contributed by atoms with Gasteiger partial charge in [-0.1, -0.05) is 12.1 Å². The average Bonchev–Trinajstić information content (AvgIpc) is 2.82. The molecule has 1 aromatic rings. The molecule has 0 saturated carbocycles. The average molecular weight is 367 g/mol. The van der Waals surface area contributed by atoms with E-state index in [1.54, 1.807) is 11.9 Å². The number of benzene rings is 1. The second kappa shape index (κ2) is 7.97. The van der Waals surface area contributed by atoms with E-state index in [1.165, 1.54) is 0 Å². The fourth-order valence-electron chi connectivity index (χ4n) is 2.80. The summed E-state index contributed by atoms with van der Waals surface area (Å²) in [5.41, 5.74) is 2.87. The summed E-state index contributed by atoms with van der Waals surface area (Å²) < 4.78 is 22.8. The molecule has 1 aliphatic heterocycles. The Hall–Kier alpha value is -1.93. The van der Waals surface area contributed by atoms with Crippen LogP contribution in [0.4, 0.5) is 5.69 Å². The molecule has 1 aliphatic rings. The number of nitrogens with zero attached hydrogens (tertiary/aromatic N) is 1. The Balaban J connectivity index is 1.79. The van der Waals surface area contributed by atoms with Crippen LogP contribution in [-0.2, 0) is 19.4 Å². The molecule has 2 rings (SSSR count). The highest BCUT2D eigenvalue weighted by molar-refractivity contribution is 7.91. The second-order valence-corrected chi connectivity index (χ2v) is 8.86. The van der Waals surface area contributed by atoms with Gasteiger partial charge in [-0.3, -0.25) is 14.5 Å². The summed E-state index contributed by atoms with van der Waals surface area (Å²) in [6, 6.07) is 5.37. The Morgan fingerprint density at radius 3 is 2.52 bits per heavy atom. The van der Waals surface area contributed by atoms with E-state index in [1.807, 2.05) is 32.0 Å². The molecule has 1 fully saturated rings. The van der Waals surface area contributed by atoms with Crippen LogP contribution in [0.2, 0.25) is 0 Å². The van der Waals surface area contributed by atoms with Crippen molar-refractivity contribution in [1.29, 1.82) is 0 Å². The van der Waals surface area contributed by atoms with Gasteiger partial charge in [0.15, 0.2) is 9.84 Å². The van der Waals surface area contributed by atoms with Crippen molar-refractivity contribution >= 4 is 27.3 Å². The van der Waals surface area contributed by atoms with Crippen molar-refractivity contribution in [2.45, 2.75) is 26.3 Å². The van der Waals surface area contributed by atoms with Crippen LogP contribution >= 0.6 is 0 Å². The molecule has 1 saturated heterocycles. The highest BCUT2D eigenvalue weighted by Crippen LogP contribution is 2.17. The molecule has 8 heteroatoms. The van der Waals surface area contributed by atoms with Crippen molar-refractivity contribution in [2.75, 3.05) is 37.0 Å². The van der Waals surface area contributed by atoms with E-state index in [0.29, 0.717) is 6.42 Å². The van der Waals surface area contributed by atoms with E-state index in [9.17, 15) is 18.0 Å². The van der Waals surface area contributed by atoms with Gasteiger partial charge in [-0.25, -0.2) is 8.42 Å². The molecule has 138 valence electrons. The van der Waals surface area contributed by atoms with Gasteiger partial charge < -0.3 is 10.6 Å². The number of nitrogens with one attached hydrogen (secondary N) is 2. The molecule has 0 unspecified atom stereocenters. The zero-order valence-electron chi connectivity index (χ0n) is 14.8. The van der Waals surface area contributed by atoms with Crippen LogP contribution in [0, 0.1) is 13.8 Å². The van der Waals surface area contributed by atoms with E-state index < -0.39 is 9.84 Å². The maximum atomic E-state index is 12.1. The third-order valence-electron chi connectivity index (χ3n) is 4.30. The highest BCUT2D eigenvalue weighted by Gasteiger charge is 2.29. The first-order chi connectivity index (χ1) is 11.7. The number of carbonyl (C=O) groups is 2. The maximum Gasteiger partial charge on any atom is 0.238 e. The largest absolute Gasteiger partial charge is 0.351 e. The fourth-order valence-corrected chi connectivity index (χ4v) is 4.48. The third kappa shape index (κ3) is 5.82. The highest BCUT2D eigenvalue weighted by atomic mass is 32.2. The molecular formula is C17H25N3O4S. The van der Waals surface area contributed by atoms with Crippen molar-refractivity contribution in [3.05, 3.63) is 29.3 Å². The first kappa shape index (κ1) is 19.4. The van der Waals surface area contributed by atoms with Gasteiger partial charge in [0.1, 0.15) is 0 Å². The number of sulfone groups is 1. The van der Waals surface area contributed by atoms with Crippen molar-refractivity contribution in [2.24, 2.45) is 0 Å². The van der Waals surface area contributed by atoms with Crippen molar-refractivity contribution < 1.29 is 18.0 Å². The molecule has 0 radical (unpaired) electrons. The zero-order valence-corrected chi connectivity index (χ0v) is 15.6. The molecule has 1 aromatic carbocycles. The SMILES string of the molecule is Cc1cccc(NC(=O)CN(C)CC(=O)N[C@@H]2CCS(=O)(=O)C2)c1C. The summed E-state index contributed by atoms with van der Waals surface area (Å²) in [4.78, 5) is 25.7. The van der Waals surface area contributed by atoms with Gasteiger partial charge in [0, 0.05) is 11.7 Å². The lowest BCUT2D eigenvalue weighted by atomic mass is 10.1. The number of hydrogen-bond donors (Lipinski definition) is 2. The molecule has 0 bridgehead atoms. The molecule has 0 aliphatic carbocycles. The number of hydrogen-bond acceptors (Lipinski definition) is 5. The molecule has 2 N–H and O–H groups in total. The Bertz CT molecular complexity index is 761. The number of likely N-dealkylation sites (N-methyl/N-ethyl adjacent to an activating group) is 1. The lowest BCUT2D eigenvalue weighted by Crippen LogP contribution is -2.43. The van der Waals surface area contributed by atoms with E-state index in [4.69, 9.17) is 0 Å². The van der Waals surface area contributed by atoms with Crippen LogP contribution < -0.4 is 10.6 Å². The summed E-state index contributed by atoms with van der Waals surface area (Å²) in [6.07, 6.45) is 0.449. The normalized spacial score (nSPS) is 19.0. The van der Waals surface area contributed by atoms with Gasteiger partial charge in [0.2, 0.25) is 11.8 Å². The molecule has 0 aromatic heterocycles. The summed E-state index contributed by atoms with van der Waals surface area (Å²) in [7, 11) is -1.35. The number of rotatable bonds is 6. The topological polar surface area (TPSA) is 95.6 Å². The minimum atomic E-state index is -3.02. The minimum Gasteiger partial charge on any atom is -0.351 e. The van der Waals surface area contributed by atoms with E-state index >= 15 is 0 Å². The third-order valence-corrected chi connectivity index (χ3v) is 6.07. The lowest BCUT2D eigenvalue weighted by Gasteiger charge is -2.18. The van der Waals surface area contributed by atoms with Crippen LogP contribution in [0.1, 0.15) is 17.5 Å². The maximum absolute atomic E-state index is 12.1. The number of anilines is 1. The van der Waals surface area contributed by atoms with Gasteiger partial charge in [-0.05, 0) is 44.5 Å². The quantitative estimate of drug-likeness (QED) is 0.762. The first-order valence-corrected chi connectivity index (χ1v) is 10.0.